The molecule has 3 rings (SSSR count). The molecule has 1 aliphatic heterocycles. The van der Waals surface area contributed by atoms with Gasteiger partial charge >= 0.3 is 6.61 Å². The molecule has 2 aromatic rings. The van der Waals surface area contributed by atoms with Crippen molar-refractivity contribution in [3.63, 3.8) is 0 Å². The van der Waals surface area contributed by atoms with E-state index in [-0.39, 0.29) is 34.2 Å². The van der Waals surface area contributed by atoms with E-state index in [2.05, 4.69) is 30.5 Å². The summed E-state index contributed by atoms with van der Waals surface area (Å²) < 4.78 is 31.8. The third-order valence-corrected chi connectivity index (χ3v) is 4.61. The minimum Gasteiger partial charge on any atom is -0.432 e. The van der Waals surface area contributed by atoms with Crippen LogP contribution in [-0.2, 0) is 6.54 Å². The lowest BCUT2D eigenvalue weighted by Gasteiger charge is -2.36. The van der Waals surface area contributed by atoms with Crippen LogP contribution in [0.1, 0.15) is 31.4 Å². The van der Waals surface area contributed by atoms with Gasteiger partial charge in [-0.3, -0.25) is 4.79 Å². The van der Waals surface area contributed by atoms with Crippen LogP contribution in [0.5, 0.6) is 5.75 Å². The number of halogens is 2. The highest BCUT2D eigenvalue weighted by molar-refractivity contribution is 6.09. The molecular formula is C19H23F2N3O2. The molecule has 0 N–H and O–H groups in total. The lowest BCUT2D eigenvalue weighted by Crippen LogP contribution is -2.36. The van der Waals surface area contributed by atoms with Gasteiger partial charge in [-0.15, -0.1) is 0 Å². The second-order valence-corrected chi connectivity index (χ2v) is 7.84. The second-order valence-electron chi connectivity index (χ2n) is 7.84. The molecule has 5 nitrogen and oxygen atoms in total. The van der Waals surface area contributed by atoms with Crippen molar-refractivity contribution < 1.29 is 18.3 Å². The van der Waals surface area contributed by atoms with Gasteiger partial charge in [-0.05, 0) is 17.5 Å². The van der Waals surface area contributed by atoms with Gasteiger partial charge < -0.3 is 14.2 Å². The van der Waals surface area contributed by atoms with Gasteiger partial charge in [-0.2, -0.15) is 8.78 Å². The van der Waals surface area contributed by atoms with Gasteiger partial charge in [0.1, 0.15) is 5.52 Å². The number of benzene rings is 1. The maximum Gasteiger partial charge on any atom is 0.387 e. The number of ether oxygens (including phenoxy) is 1. The number of fused-ring (bicyclic) bond motifs is 3. The number of para-hydroxylation sites is 1. The molecule has 0 aliphatic carbocycles. The number of carbonyl (C=O) groups is 1. The van der Waals surface area contributed by atoms with Crippen molar-refractivity contribution >= 4 is 16.8 Å². The highest BCUT2D eigenvalue weighted by Crippen LogP contribution is 2.40. The highest BCUT2D eigenvalue weighted by atomic mass is 19.3. The Morgan fingerprint density at radius 1 is 1.35 bits per heavy atom. The molecule has 2 heterocycles. The molecule has 0 fully saturated rings. The molecule has 1 aromatic carbocycles. The van der Waals surface area contributed by atoms with Crippen molar-refractivity contribution in [2.75, 3.05) is 14.1 Å². The Morgan fingerprint density at radius 2 is 2.04 bits per heavy atom. The van der Waals surface area contributed by atoms with E-state index in [1.54, 1.807) is 12.1 Å². The van der Waals surface area contributed by atoms with Crippen molar-refractivity contribution in [2.24, 2.45) is 11.3 Å². The summed E-state index contributed by atoms with van der Waals surface area (Å²) in [5.74, 6) is 0.0441. The summed E-state index contributed by atoms with van der Waals surface area (Å²) in [6, 6.07) is 4.85. The van der Waals surface area contributed by atoms with E-state index in [1.807, 2.05) is 29.8 Å². The van der Waals surface area contributed by atoms with Crippen molar-refractivity contribution in [3.8, 4) is 5.75 Å². The van der Waals surface area contributed by atoms with Gasteiger partial charge in [0.25, 0.3) is 0 Å². The molecule has 1 atom stereocenters. The van der Waals surface area contributed by atoms with E-state index < -0.39 is 6.61 Å². The number of ketones is 1. The summed E-state index contributed by atoms with van der Waals surface area (Å²) in [6.07, 6.45) is 1.83. The fraction of sp³-hybridized carbons (Fsp3) is 0.474. The predicted molar refractivity (Wildman–Crippen MR) is 95.4 cm³/mol. The highest BCUT2D eigenvalue weighted by Gasteiger charge is 2.39. The molecule has 1 unspecified atom stereocenters. The number of Topliss-reactive ketones (excluding diaryl/α,β-unsaturated/α-hetero) is 1. The van der Waals surface area contributed by atoms with Crippen LogP contribution in [0.4, 0.5) is 8.78 Å². The van der Waals surface area contributed by atoms with E-state index >= 15 is 0 Å². The Kier molecular flexibility index (Phi) is 4.50. The number of imidazole rings is 1. The van der Waals surface area contributed by atoms with Crippen molar-refractivity contribution in [1.29, 1.82) is 0 Å². The topological polar surface area (TPSA) is 47.4 Å². The van der Waals surface area contributed by atoms with Crippen LogP contribution in [0.15, 0.2) is 30.0 Å². The molecule has 0 spiro atoms. The summed E-state index contributed by atoms with van der Waals surface area (Å²) >= 11 is 0. The van der Waals surface area contributed by atoms with E-state index in [9.17, 15) is 13.6 Å². The Bertz CT molecular complexity index is 879. The average Bonchev–Trinajstić information content (AvgIpc) is 2.88. The molecule has 0 saturated heterocycles. The van der Waals surface area contributed by atoms with Crippen LogP contribution in [0.3, 0.4) is 0 Å². The maximum absolute atomic E-state index is 13.1. The number of carbonyl (C=O) groups excluding carboxylic acids is 1. The van der Waals surface area contributed by atoms with Gasteiger partial charge in [0.2, 0.25) is 5.78 Å². The summed E-state index contributed by atoms with van der Waals surface area (Å²) in [7, 11) is 3.73. The monoisotopic (exact) mass is 363 g/mol. The zero-order valence-corrected chi connectivity index (χ0v) is 15.6. The minimum absolute atomic E-state index is 0.0161. The number of hydrogen-bond donors (Lipinski definition) is 0. The van der Waals surface area contributed by atoms with Gasteiger partial charge in [0.05, 0.1) is 5.52 Å². The molecular weight excluding hydrogens is 340 g/mol. The van der Waals surface area contributed by atoms with E-state index in [0.717, 1.165) is 0 Å². The third kappa shape index (κ3) is 3.18. The molecule has 1 aromatic heterocycles. The summed E-state index contributed by atoms with van der Waals surface area (Å²) in [5, 5.41) is 0. The van der Waals surface area contributed by atoms with Crippen molar-refractivity contribution in [3.05, 3.63) is 35.8 Å². The normalized spacial score (nSPS) is 19.3. The lowest BCUT2D eigenvalue weighted by atomic mass is 9.73. The fourth-order valence-corrected chi connectivity index (χ4v) is 3.41. The lowest BCUT2D eigenvalue weighted by molar-refractivity contribution is -0.0489. The summed E-state index contributed by atoms with van der Waals surface area (Å²) in [4.78, 5) is 19.3. The Balaban J connectivity index is 2.20. The summed E-state index contributed by atoms with van der Waals surface area (Å²) in [5.41, 5.74) is 1.45. The smallest absolute Gasteiger partial charge is 0.387 e. The van der Waals surface area contributed by atoms with E-state index in [4.69, 9.17) is 0 Å². The largest absolute Gasteiger partial charge is 0.432 e. The van der Waals surface area contributed by atoms with Crippen LogP contribution in [-0.4, -0.2) is 40.9 Å². The number of nitrogens with zero attached hydrogens (tertiary/aromatic N) is 3. The first kappa shape index (κ1) is 18.4. The molecule has 26 heavy (non-hydrogen) atoms. The molecule has 1 aliphatic rings. The van der Waals surface area contributed by atoms with E-state index in [1.165, 1.54) is 6.07 Å². The quantitative estimate of drug-likeness (QED) is 0.775. The van der Waals surface area contributed by atoms with Crippen LogP contribution in [0.2, 0.25) is 0 Å². The third-order valence-electron chi connectivity index (χ3n) is 4.61. The van der Waals surface area contributed by atoms with Gasteiger partial charge in [0.15, 0.2) is 11.6 Å². The fourth-order valence-electron chi connectivity index (χ4n) is 3.41. The SMILES string of the molecule is CN(C)/C=C1\C(=O)c2nc3c(OC(F)F)cccc3n2CC1C(C)(C)C. The standard InChI is InChI=1S/C19H23F2N3O2/c1-19(2,3)12-10-24-13-7-6-8-14(26-18(20)21)15(13)22-17(24)16(25)11(12)9-23(4)5/h6-9,12,18H,10H2,1-5H3/b11-9-. The minimum atomic E-state index is -2.94. The Labute approximate surface area is 151 Å². The average molecular weight is 363 g/mol. The summed E-state index contributed by atoms with van der Waals surface area (Å²) in [6.45, 7) is 3.87. The van der Waals surface area contributed by atoms with Crippen molar-refractivity contribution in [2.45, 2.75) is 33.9 Å². The second kappa shape index (κ2) is 6.37. The first-order valence-electron chi connectivity index (χ1n) is 8.46. The predicted octanol–water partition coefficient (Wildman–Crippen LogP) is 3.94. The molecule has 0 saturated carbocycles. The molecule has 7 heteroatoms. The molecule has 0 bridgehead atoms. The van der Waals surface area contributed by atoms with Crippen LogP contribution in [0.25, 0.3) is 11.0 Å². The zero-order chi connectivity index (χ0) is 19.2. The number of rotatable bonds is 3. The molecule has 0 amide bonds. The van der Waals surface area contributed by atoms with E-state index in [0.29, 0.717) is 17.6 Å². The van der Waals surface area contributed by atoms with Gasteiger partial charge in [-0.1, -0.05) is 26.8 Å². The van der Waals surface area contributed by atoms with Crippen LogP contribution < -0.4 is 4.74 Å². The number of allylic oxidation sites excluding steroid dienone is 1. The van der Waals surface area contributed by atoms with Gasteiger partial charge in [-0.25, -0.2) is 4.98 Å². The maximum atomic E-state index is 13.1. The number of aromatic nitrogens is 2. The zero-order valence-electron chi connectivity index (χ0n) is 15.6. The van der Waals surface area contributed by atoms with Crippen molar-refractivity contribution in [1.82, 2.24) is 14.5 Å². The number of hydrogen-bond acceptors (Lipinski definition) is 4. The first-order valence-corrected chi connectivity index (χ1v) is 8.46. The molecule has 0 radical (unpaired) electrons. The Hall–Kier alpha value is -2.44. The van der Waals surface area contributed by atoms with Gasteiger partial charge in [0, 0.05) is 38.3 Å². The number of alkyl halides is 2. The van der Waals surface area contributed by atoms with Crippen LogP contribution >= 0.6 is 0 Å². The molecule has 140 valence electrons. The first-order chi connectivity index (χ1) is 12.1. The Morgan fingerprint density at radius 3 is 2.62 bits per heavy atom. The van der Waals surface area contributed by atoms with Crippen LogP contribution in [0, 0.1) is 11.3 Å².